The van der Waals surface area contributed by atoms with E-state index >= 15 is 0 Å². The minimum absolute atomic E-state index is 0.0636. The lowest BCUT2D eigenvalue weighted by Crippen LogP contribution is -2.47. The Morgan fingerprint density at radius 2 is 2.19 bits per heavy atom. The maximum absolute atomic E-state index is 9.53. The molecule has 1 unspecified atom stereocenters. The van der Waals surface area contributed by atoms with Gasteiger partial charge in [0.25, 0.3) is 0 Å². The van der Waals surface area contributed by atoms with E-state index in [1.54, 1.807) is 19.1 Å². The van der Waals surface area contributed by atoms with Gasteiger partial charge >= 0.3 is 0 Å². The van der Waals surface area contributed by atoms with E-state index < -0.39 is 6.10 Å². The molecule has 0 amide bonds. The number of ether oxygens (including phenoxy) is 2. The van der Waals surface area contributed by atoms with E-state index in [1.165, 1.54) is 0 Å². The van der Waals surface area contributed by atoms with Crippen molar-refractivity contribution < 1.29 is 14.6 Å². The highest BCUT2D eigenvalue weighted by Gasteiger charge is 2.23. The normalized spacial score (nSPS) is 21.5. The average molecular weight is 314 g/mol. The molecule has 1 aromatic carbocycles. The molecule has 1 N–H and O–H groups in total. The second kappa shape index (κ2) is 7.45. The van der Waals surface area contributed by atoms with E-state index in [2.05, 4.69) is 18.7 Å². The molecule has 1 heterocycles. The average Bonchev–Trinajstić information content (AvgIpc) is 2.46. The SMILES string of the molecule is CC(C)N1CCOC(COc2ccc([C@@H](C)O)cc2Cl)C1. The first kappa shape index (κ1) is 16.6. The van der Waals surface area contributed by atoms with Crippen LogP contribution in [-0.2, 0) is 4.74 Å². The van der Waals surface area contributed by atoms with Crippen molar-refractivity contribution in [2.24, 2.45) is 0 Å². The maximum Gasteiger partial charge on any atom is 0.138 e. The number of halogens is 1. The number of hydrogen-bond donors (Lipinski definition) is 1. The molecule has 1 aliphatic rings. The Labute approximate surface area is 131 Å². The minimum Gasteiger partial charge on any atom is -0.489 e. The van der Waals surface area contributed by atoms with Crippen molar-refractivity contribution in [2.45, 2.75) is 39.0 Å². The largest absolute Gasteiger partial charge is 0.489 e. The third-order valence-corrected chi connectivity index (χ3v) is 4.06. The van der Waals surface area contributed by atoms with Crippen molar-refractivity contribution in [3.63, 3.8) is 0 Å². The number of nitrogens with zero attached hydrogens (tertiary/aromatic N) is 1. The molecule has 0 aromatic heterocycles. The van der Waals surface area contributed by atoms with Gasteiger partial charge < -0.3 is 14.6 Å². The standard InChI is InChI=1S/C16H24ClNO3/c1-11(2)18-6-7-20-14(9-18)10-21-16-5-4-13(12(3)19)8-15(16)17/h4-5,8,11-12,14,19H,6-7,9-10H2,1-3H3/t12-,14?/m1/s1. The maximum atomic E-state index is 9.53. The first-order valence-corrected chi connectivity index (χ1v) is 7.81. The topological polar surface area (TPSA) is 41.9 Å². The number of hydrogen-bond acceptors (Lipinski definition) is 4. The Kier molecular flexibility index (Phi) is 5.88. The smallest absolute Gasteiger partial charge is 0.138 e. The molecule has 0 spiro atoms. The van der Waals surface area contributed by atoms with E-state index in [-0.39, 0.29) is 6.10 Å². The van der Waals surface area contributed by atoms with Crippen molar-refractivity contribution in [1.29, 1.82) is 0 Å². The first-order chi connectivity index (χ1) is 9.97. The van der Waals surface area contributed by atoms with Crippen molar-refractivity contribution >= 4 is 11.6 Å². The molecule has 2 rings (SSSR count). The van der Waals surface area contributed by atoms with Gasteiger partial charge in [0, 0.05) is 19.1 Å². The van der Waals surface area contributed by atoms with Crippen LogP contribution in [0.25, 0.3) is 0 Å². The van der Waals surface area contributed by atoms with E-state index in [9.17, 15) is 5.11 Å². The fraction of sp³-hybridized carbons (Fsp3) is 0.625. The fourth-order valence-corrected chi connectivity index (χ4v) is 2.63. The van der Waals surface area contributed by atoms with Crippen LogP contribution in [0.3, 0.4) is 0 Å². The number of morpholine rings is 1. The van der Waals surface area contributed by atoms with Gasteiger partial charge in [0.05, 0.1) is 17.7 Å². The molecule has 2 atom stereocenters. The molecule has 0 saturated carbocycles. The lowest BCUT2D eigenvalue weighted by atomic mass is 10.1. The summed E-state index contributed by atoms with van der Waals surface area (Å²) in [6, 6.07) is 5.89. The highest BCUT2D eigenvalue weighted by molar-refractivity contribution is 6.32. The van der Waals surface area contributed by atoms with Gasteiger partial charge in [-0.3, -0.25) is 4.90 Å². The molecular formula is C16H24ClNO3. The lowest BCUT2D eigenvalue weighted by molar-refractivity contribution is -0.0564. The molecule has 5 heteroatoms. The number of aliphatic hydroxyl groups excluding tert-OH is 1. The zero-order valence-electron chi connectivity index (χ0n) is 12.9. The Balaban J connectivity index is 1.91. The van der Waals surface area contributed by atoms with Crippen molar-refractivity contribution in [1.82, 2.24) is 4.90 Å². The highest BCUT2D eigenvalue weighted by atomic mass is 35.5. The molecule has 0 radical (unpaired) electrons. The Bertz CT molecular complexity index is 465. The van der Waals surface area contributed by atoms with Crippen molar-refractivity contribution in [3.05, 3.63) is 28.8 Å². The van der Waals surface area contributed by atoms with E-state index in [1.807, 2.05) is 6.07 Å². The summed E-state index contributed by atoms with van der Waals surface area (Å²) < 4.78 is 11.5. The molecule has 21 heavy (non-hydrogen) atoms. The number of benzene rings is 1. The summed E-state index contributed by atoms with van der Waals surface area (Å²) >= 11 is 6.18. The van der Waals surface area contributed by atoms with Gasteiger partial charge in [-0.1, -0.05) is 17.7 Å². The van der Waals surface area contributed by atoms with Gasteiger partial charge in [-0.15, -0.1) is 0 Å². The van der Waals surface area contributed by atoms with E-state index in [0.29, 0.717) is 23.4 Å². The quantitative estimate of drug-likeness (QED) is 0.907. The predicted molar refractivity (Wildman–Crippen MR) is 84.0 cm³/mol. The molecule has 4 nitrogen and oxygen atoms in total. The number of aliphatic hydroxyl groups is 1. The van der Waals surface area contributed by atoms with Gasteiger partial charge in [0.2, 0.25) is 0 Å². The third kappa shape index (κ3) is 4.58. The monoisotopic (exact) mass is 313 g/mol. The van der Waals surface area contributed by atoms with Gasteiger partial charge in [-0.25, -0.2) is 0 Å². The van der Waals surface area contributed by atoms with Gasteiger partial charge in [0.1, 0.15) is 18.5 Å². The Hall–Kier alpha value is -0.810. The summed E-state index contributed by atoms with van der Waals surface area (Å²) in [6.07, 6.45) is -0.466. The summed E-state index contributed by atoms with van der Waals surface area (Å²) in [5.74, 6) is 0.631. The van der Waals surface area contributed by atoms with E-state index in [4.69, 9.17) is 21.1 Å². The molecule has 118 valence electrons. The van der Waals surface area contributed by atoms with Crippen LogP contribution in [0.15, 0.2) is 18.2 Å². The fourth-order valence-electron chi connectivity index (χ4n) is 2.39. The molecular weight excluding hydrogens is 290 g/mol. The highest BCUT2D eigenvalue weighted by Crippen LogP contribution is 2.28. The summed E-state index contributed by atoms with van der Waals surface area (Å²) in [7, 11) is 0. The lowest BCUT2D eigenvalue weighted by Gasteiger charge is -2.35. The van der Waals surface area contributed by atoms with Gasteiger partial charge in [-0.05, 0) is 38.5 Å². The molecule has 1 aromatic rings. The van der Waals surface area contributed by atoms with Gasteiger partial charge in [0.15, 0.2) is 0 Å². The molecule has 1 saturated heterocycles. The van der Waals surface area contributed by atoms with Gasteiger partial charge in [-0.2, -0.15) is 0 Å². The van der Waals surface area contributed by atoms with Crippen LogP contribution in [0.2, 0.25) is 5.02 Å². The molecule has 0 bridgehead atoms. The molecule has 0 aliphatic carbocycles. The summed E-state index contributed by atoms with van der Waals surface area (Å²) in [6.45, 7) is 9.16. The summed E-state index contributed by atoms with van der Waals surface area (Å²) in [4.78, 5) is 2.38. The Morgan fingerprint density at radius 3 is 2.81 bits per heavy atom. The van der Waals surface area contributed by atoms with Crippen molar-refractivity contribution in [3.8, 4) is 5.75 Å². The number of rotatable bonds is 5. The van der Waals surface area contributed by atoms with Crippen LogP contribution in [0.4, 0.5) is 0 Å². The van der Waals surface area contributed by atoms with Crippen LogP contribution in [0.5, 0.6) is 5.75 Å². The molecule has 1 aliphatic heterocycles. The predicted octanol–water partition coefficient (Wildman–Crippen LogP) is 2.88. The van der Waals surface area contributed by atoms with Crippen LogP contribution in [0, 0.1) is 0 Å². The zero-order chi connectivity index (χ0) is 15.4. The van der Waals surface area contributed by atoms with Crippen LogP contribution < -0.4 is 4.74 Å². The third-order valence-electron chi connectivity index (χ3n) is 3.76. The second-order valence-corrected chi connectivity index (χ2v) is 6.17. The molecule has 1 fully saturated rings. The summed E-state index contributed by atoms with van der Waals surface area (Å²) in [5.41, 5.74) is 0.784. The van der Waals surface area contributed by atoms with Crippen LogP contribution in [0.1, 0.15) is 32.4 Å². The van der Waals surface area contributed by atoms with Crippen LogP contribution >= 0.6 is 11.6 Å². The minimum atomic E-state index is -0.530. The van der Waals surface area contributed by atoms with Crippen LogP contribution in [-0.4, -0.2) is 48.5 Å². The van der Waals surface area contributed by atoms with E-state index in [0.717, 1.165) is 25.3 Å². The Morgan fingerprint density at radius 1 is 1.43 bits per heavy atom. The van der Waals surface area contributed by atoms with Crippen molar-refractivity contribution in [2.75, 3.05) is 26.3 Å². The summed E-state index contributed by atoms with van der Waals surface area (Å²) in [5, 5.41) is 10.0. The first-order valence-electron chi connectivity index (χ1n) is 7.43. The second-order valence-electron chi connectivity index (χ2n) is 5.76. The zero-order valence-corrected chi connectivity index (χ0v) is 13.6.